The quantitative estimate of drug-likeness (QED) is 0.0853. The molecule has 0 saturated carbocycles. The molecule has 3 aromatic rings. The number of hydrazone groups is 1. The fourth-order valence-electron chi connectivity index (χ4n) is 3.46. The van der Waals surface area contributed by atoms with Gasteiger partial charge in [-0.1, -0.05) is 12.1 Å². The van der Waals surface area contributed by atoms with E-state index in [4.69, 9.17) is 4.74 Å². The number of amides is 1. The molecule has 0 spiro atoms. The highest BCUT2D eigenvalue weighted by Crippen LogP contribution is 2.38. The zero-order valence-electron chi connectivity index (χ0n) is 19.1. The second kappa shape index (κ2) is 9.81. The Morgan fingerprint density at radius 1 is 0.923 bits per heavy atom. The number of nitro groups is 1. The number of benzene rings is 3. The van der Waals surface area contributed by atoms with E-state index in [-0.39, 0.29) is 27.6 Å². The third kappa shape index (κ3) is 5.02. The van der Waals surface area contributed by atoms with Crippen LogP contribution in [0.3, 0.4) is 0 Å². The Kier molecular flexibility index (Phi) is 6.85. The number of hydrogen-bond donors (Lipinski definition) is 0. The number of halogens is 8. The van der Waals surface area contributed by atoms with Gasteiger partial charge in [0.2, 0.25) is 11.6 Å². The van der Waals surface area contributed by atoms with Crippen LogP contribution in [0.2, 0.25) is 0 Å². The van der Waals surface area contributed by atoms with Crippen LogP contribution < -0.4 is 9.75 Å². The summed E-state index contributed by atoms with van der Waals surface area (Å²) in [5, 5.41) is 14.9. The van der Waals surface area contributed by atoms with E-state index in [9.17, 15) is 50.0 Å². The van der Waals surface area contributed by atoms with Crippen molar-refractivity contribution in [3.8, 4) is 11.5 Å². The zero-order valence-corrected chi connectivity index (χ0v) is 19.1. The smallest absolute Gasteiger partial charge is 0.416 e. The second-order valence-electron chi connectivity index (χ2n) is 7.89. The number of carbonyl (C=O) groups excluding carboxylic acids is 1. The van der Waals surface area contributed by atoms with E-state index in [1.807, 2.05) is 0 Å². The number of ether oxygens (including phenoxy) is 1. The van der Waals surface area contributed by atoms with Crippen LogP contribution in [0.25, 0.3) is 6.08 Å². The highest BCUT2D eigenvalue weighted by molar-refractivity contribution is 6.32. The van der Waals surface area contributed by atoms with Gasteiger partial charge in [-0.25, -0.2) is 22.0 Å². The number of alkyl halides is 3. The van der Waals surface area contributed by atoms with Gasteiger partial charge >= 0.3 is 11.9 Å². The molecule has 0 aromatic heterocycles. The number of nitrogens with zero attached hydrogens (tertiary/aromatic N) is 3. The van der Waals surface area contributed by atoms with Crippen molar-refractivity contribution in [2.45, 2.75) is 13.1 Å². The Labute approximate surface area is 212 Å². The second-order valence-corrected chi connectivity index (χ2v) is 7.89. The summed E-state index contributed by atoms with van der Waals surface area (Å²) in [6.07, 6.45) is -3.64. The standard InChI is InChI=1S/C24H11F8N3O4/c1-10-14(23(36)34(33-10)22-20(28)18(26)17(25)19(27)21(22)29)8-11-2-5-13(6-3-11)39-16-7-4-12(24(30,31)32)9-15(16)35(37)38/h2-9H,1H3/b14-8+. The lowest BCUT2D eigenvalue weighted by Crippen LogP contribution is -2.25. The molecule has 202 valence electrons. The minimum atomic E-state index is -4.82. The summed E-state index contributed by atoms with van der Waals surface area (Å²) in [4.78, 5) is 22.9. The molecule has 1 aliphatic rings. The molecule has 4 rings (SSSR count). The molecule has 1 amide bonds. The van der Waals surface area contributed by atoms with Crippen LogP contribution in [0, 0.1) is 39.2 Å². The average molecular weight is 557 g/mol. The molecule has 0 aliphatic carbocycles. The maximum Gasteiger partial charge on any atom is 0.416 e. The van der Waals surface area contributed by atoms with Crippen LogP contribution in [0.4, 0.5) is 46.5 Å². The van der Waals surface area contributed by atoms with Crippen LogP contribution in [0.1, 0.15) is 18.1 Å². The van der Waals surface area contributed by atoms with E-state index in [2.05, 4.69) is 5.10 Å². The van der Waals surface area contributed by atoms with Gasteiger partial charge in [-0.15, -0.1) is 0 Å². The Balaban J connectivity index is 1.60. The molecule has 0 unspecified atom stereocenters. The summed E-state index contributed by atoms with van der Waals surface area (Å²) in [6.45, 7) is 1.25. The summed E-state index contributed by atoms with van der Waals surface area (Å²) in [7, 11) is 0. The SMILES string of the molecule is CC1=NN(c2c(F)c(F)c(F)c(F)c2F)C(=O)/C1=C/c1ccc(Oc2ccc(C(F)(F)F)cc2[N+](=O)[O-])cc1. The van der Waals surface area contributed by atoms with E-state index in [0.717, 1.165) is 6.07 Å². The number of hydrogen-bond acceptors (Lipinski definition) is 5. The molecule has 0 atom stereocenters. The minimum Gasteiger partial charge on any atom is -0.450 e. The van der Waals surface area contributed by atoms with Crippen LogP contribution in [-0.2, 0) is 11.0 Å². The first-order chi connectivity index (χ1) is 18.2. The first kappa shape index (κ1) is 27.2. The third-order valence-corrected chi connectivity index (χ3v) is 5.36. The highest BCUT2D eigenvalue weighted by Gasteiger charge is 2.37. The van der Waals surface area contributed by atoms with Crippen LogP contribution >= 0.6 is 0 Å². The maximum absolute atomic E-state index is 14.2. The van der Waals surface area contributed by atoms with Gasteiger partial charge in [0.15, 0.2) is 23.3 Å². The van der Waals surface area contributed by atoms with Crippen LogP contribution in [-0.4, -0.2) is 16.5 Å². The number of anilines is 1. The normalized spacial score (nSPS) is 14.7. The monoisotopic (exact) mass is 557 g/mol. The lowest BCUT2D eigenvalue weighted by atomic mass is 10.1. The fourth-order valence-corrected chi connectivity index (χ4v) is 3.46. The van der Waals surface area contributed by atoms with E-state index in [1.165, 1.54) is 37.3 Å². The Morgan fingerprint density at radius 2 is 1.49 bits per heavy atom. The summed E-state index contributed by atoms with van der Waals surface area (Å²) in [6, 6.07) is 6.84. The molecule has 15 heteroatoms. The number of carbonyl (C=O) groups is 1. The average Bonchev–Trinajstić information content (AvgIpc) is 3.15. The van der Waals surface area contributed by atoms with E-state index >= 15 is 0 Å². The van der Waals surface area contributed by atoms with Gasteiger partial charge in [-0.3, -0.25) is 14.9 Å². The van der Waals surface area contributed by atoms with Gasteiger partial charge in [0.1, 0.15) is 11.4 Å². The lowest BCUT2D eigenvalue weighted by molar-refractivity contribution is -0.385. The third-order valence-electron chi connectivity index (χ3n) is 5.36. The van der Waals surface area contributed by atoms with Crippen molar-refractivity contribution in [2.24, 2.45) is 5.10 Å². The molecule has 0 saturated heterocycles. The molecule has 0 bridgehead atoms. The van der Waals surface area contributed by atoms with Crippen molar-refractivity contribution < 1.29 is 49.6 Å². The first-order valence-corrected chi connectivity index (χ1v) is 10.5. The van der Waals surface area contributed by atoms with E-state index in [0.29, 0.717) is 12.1 Å². The molecule has 0 N–H and O–H groups in total. The number of rotatable bonds is 5. The molecule has 0 radical (unpaired) electrons. The summed E-state index contributed by atoms with van der Waals surface area (Å²) in [5.41, 5.74) is -3.87. The zero-order chi connectivity index (χ0) is 28.8. The Hall–Kier alpha value is -4.82. The van der Waals surface area contributed by atoms with E-state index < -0.39 is 68.8 Å². The molecule has 7 nitrogen and oxygen atoms in total. The molecule has 0 fully saturated rings. The van der Waals surface area contributed by atoms with Gasteiger partial charge in [0.05, 0.1) is 21.8 Å². The molecule has 39 heavy (non-hydrogen) atoms. The first-order valence-electron chi connectivity index (χ1n) is 10.5. The van der Waals surface area contributed by atoms with Crippen molar-refractivity contribution in [3.05, 3.63) is 98.4 Å². The van der Waals surface area contributed by atoms with Crippen molar-refractivity contribution in [1.82, 2.24) is 0 Å². The predicted octanol–water partition coefficient (Wildman–Crippen LogP) is 6.91. The van der Waals surface area contributed by atoms with Crippen LogP contribution in [0.5, 0.6) is 11.5 Å². The minimum absolute atomic E-state index is 0.0359. The molecule has 1 heterocycles. The topological polar surface area (TPSA) is 85.0 Å². The Morgan fingerprint density at radius 3 is 2.03 bits per heavy atom. The fraction of sp³-hybridized carbons (Fsp3) is 0.0833. The van der Waals surface area contributed by atoms with Gasteiger partial charge in [0.25, 0.3) is 5.91 Å². The van der Waals surface area contributed by atoms with Crippen molar-refractivity contribution in [3.63, 3.8) is 0 Å². The van der Waals surface area contributed by atoms with Gasteiger partial charge in [-0.2, -0.15) is 23.3 Å². The molecule has 3 aromatic carbocycles. The van der Waals surface area contributed by atoms with Crippen molar-refractivity contribution in [2.75, 3.05) is 5.01 Å². The summed E-state index contributed by atoms with van der Waals surface area (Å²) in [5.74, 6) is -13.1. The number of nitro benzene ring substituents is 1. The molecular formula is C24H11F8N3O4. The van der Waals surface area contributed by atoms with Gasteiger partial charge in [-0.05, 0) is 42.8 Å². The summed E-state index contributed by atoms with van der Waals surface area (Å²) < 4.78 is 113. The van der Waals surface area contributed by atoms with E-state index in [1.54, 1.807) is 0 Å². The maximum atomic E-state index is 14.2. The van der Waals surface area contributed by atoms with Crippen molar-refractivity contribution in [1.29, 1.82) is 0 Å². The predicted molar refractivity (Wildman–Crippen MR) is 119 cm³/mol. The van der Waals surface area contributed by atoms with Crippen LogP contribution in [0.15, 0.2) is 53.1 Å². The van der Waals surface area contributed by atoms with Crippen molar-refractivity contribution >= 4 is 29.1 Å². The molecular weight excluding hydrogens is 546 g/mol. The van der Waals surface area contributed by atoms with Gasteiger partial charge in [0, 0.05) is 6.07 Å². The van der Waals surface area contributed by atoms with Gasteiger partial charge < -0.3 is 4.74 Å². The molecule has 1 aliphatic heterocycles. The largest absolute Gasteiger partial charge is 0.450 e. The lowest BCUT2D eigenvalue weighted by Gasteiger charge is -2.15. The summed E-state index contributed by atoms with van der Waals surface area (Å²) >= 11 is 0. The highest BCUT2D eigenvalue weighted by atomic mass is 19.4. The Bertz CT molecular complexity index is 1550.